The Morgan fingerprint density at radius 1 is 1.22 bits per heavy atom. The zero-order valence-corrected chi connectivity index (χ0v) is 14.5. The highest BCUT2D eigenvalue weighted by Gasteiger charge is 2.29. The first-order valence-corrected chi connectivity index (χ1v) is 9.11. The van der Waals surface area contributed by atoms with E-state index in [1.165, 1.54) is 6.92 Å². The predicted molar refractivity (Wildman–Crippen MR) is 85.6 cm³/mol. The molecule has 0 spiro atoms. The number of halogens is 2. The number of hydrogen-bond donors (Lipinski definition) is 1. The third-order valence-electron chi connectivity index (χ3n) is 3.27. The Hall–Kier alpha value is -1.70. The predicted octanol–water partition coefficient (Wildman–Crippen LogP) is 2.28. The van der Waals surface area contributed by atoms with Gasteiger partial charge in [0.15, 0.2) is 11.6 Å². The lowest BCUT2D eigenvalue weighted by Crippen LogP contribution is -2.48. The van der Waals surface area contributed by atoms with Crippen molar-refractivity contribution in [2.75, 3.05) is 17.1 Å². The third-order valence-corrected chi connectivity index (χ3v) is 4.51. The van der Waals surface area contributed by atoms with Gasteiger partial charge in [-0.3, -0.25) is 9.10 Å². The molecule has 23 heavy (non-hydrogen) atoms. The first-order chi connectivity index (χ1) is 10.5. The molecule has 0 aliphatic rings. The fourth-order valence-corrected chi connectivity index (χ4v) is 3.23. The molecule has 0 radical (unpaired) electrons. The molecule has 0 aromatic heterocycles. The van der Waals surface area contributed by atoms with Crippen molar-refractivity contribution < 1.29 is 22.0 Å². The molecule has 0 heterocycles. The van der Waals surface area contributed by atoms with E-state index in [9.17, 15) is 22.0 Å². The molecule has 0 saturated carbocycles. The first-order valence-electron chi connectivity index (χ1n) is 7.26. The van der Waals surface area contributed by atoms with Crippen LogP contribution in [-0.4, -0.2) is 33.2 Å². The highest BCUT2D eigenvalue weighted by atomic mass is 32.2. The third kappa shape index (κ3) is 5.46. The Balaban J connectivity index is 3.02. The molecule has 1 aromatic carbocycles. The Morgan fingerprint density at radius 3 is 2.30 bits per heavy atom. The second kappa shape index (κ2) is 7.72. The van der Waals surface area contributed by atoms with E-state index in [1.807, 2.05) is 13.8 Å². The van der Waals surface area contributed by atoms with Gasteiger partial charge in [-0.25, -0.2) is 17.2 Å². The van der Waals surface area contributed by atoms with Gasteiger partial charge in [0.25, 0.3) is 0 Å². The lowest BCUT2D eigenvalue weighted by atomic mass is 10.1. The van der Waals surface area contributed by atoms with Gasteiger partial charge in [0.2, 0.25) is 15.9 Å². The van der Waals surface area contributed by atoms with Crippen molar-refractivity contribution in [2.45, 2.75) is 33.2 Å². The molecule has 5 nitrogen and oxygen atoms in total. The zero-order chi connectivity index (χ0) is 17.8. The van der Waals surface area contributed by atoms with Crippen molar-refractivity contribution in [1.29, 1.82) is 0 Å². The summed E-state index contributed by atoms with van der Waals surface area (Å²) in [4.78, 5) is 12.2. The lowest BCUT2D eigenvalue weighted by molar-refractivity contribution is -0.121. The van der Waals surface area contributed by atoms with Crippen LogP contribution in [0.25, 0.3) is 0 Å². The summed E-state index contributed by atoms with van der Waals surface area (Å²) >= 11 is 0. The van der Waals surface area contributed by atoms with E-state index < -0.39 is 33.6 Å². The van der Waals surface area contributed by atoms with Crippen LogP contribution < -0.4 is 9.62 Å². The molecule has 1 atom stereocenters. The Kier molecular flexibility index (Phi) is 6.49. The van der Waals surface area contributed by atoms with E-state index in [2.05, 4.69) is 5.32 Å². The van der Waals surface area contributed by atoms with Crippen LogP contribution in [0.15, 0.2) is 18.2 Å². The molecule has 1 aromatic rings. The van der Waals surface area contributed by atoms with Crippen LogP contribution in [0.1, 0.15) is 27.2 Å². The van der Waals surface area contributed by atoms with Crippen LogP contribution in [-0.2, 0) is 14.8 Å². The summed E-state index contributed by atoms with van der Waals surface area (Å²) in [7, 11) is -3.85. The van der Waals surface area contributed by atoms with E-state index in [-0.39, 0.29) is 5.69 Å². The van der Waals surface area contributed by atoms with Crippen molar-refractivity contribution >= 4 is 21.6 Å². The molecule has 0 aliphatic heterocycles. The molecule has 1 rings (SSSR count). The van der Waals surface area contributed by atoms with Crippen LogP contribution in [0.2, 0.25) is 0 Å². The molecule has 130 valence electrons. The van der Waals surface area contributed by atoms with Crippen molar-refractivity contribution in [3.05, 3.63) is 29.8 Å². The van der Waals surface area contributed by atoms with Gasteiger partial charge in [-0.1, -0.05) is 13.8 Å². The van der Waals surface area contributed by atoms with Gasteiger partial charge >= 0.3 is 0 Å². The second-order valence-corrected chi connectivity index (χ2v) is 7.67. The smallest absolute Gasteiger partial charge is 0.243 e. The molecule has 0 bridgehead atoms. The van der Waals surface area contributed by atoms with Gasteiger partial charge in [-0.05, 0) is 31.4 Å². The van der Waals surface area contributed by atoms with Crippen molar-refractivity contribution in [2.24, 2.45) is 5.92 Å². The van der Waals surface area contributed by atoms with Gasteiger partial charge < -0.3 is 5.32 Å². The summed E-state index contributed by atoms with van der Waals surface area (Å²) in [6.45, 7) is 5.81. The number of carbonyl (C=O) groups is 1. The number of anilines is 1. The van der Waals surface area contributed by atoms with E-state index in [0.29, 0.717) is 12.5 Å². The minimum atomic E-state index is -3.85. The molecule has 1 N–H and O–H groups in total. The van der Waals surface area contributed by atoms with Crippen LogP contribution >= 0.6 is 0 Å². The number of nitrogens with zero attached hydrogens (tertiary/aromatic N) is 1. The van der Waals surface area contributed by atoms with Gasteiger partial charge in [0.1, 0.15) is 6.04 Å². The lowest BCUT2D eigenvalue weighted by Gasteiger charge is -2.28. The largest absolute Gasteiger partial charge is 0.354 e. The summed E-state index contributed by atoms with van der Waals surface area (Å²) in [6.07, 6.45) is 1.66. The van der Waals surface area contributed by atoms with E-state index >= 15 is 0 Å². The number of rotatable bonds is 7. The molecular weight excluding hydrogens is 326 g/mol. The summed E-state index contributed by atoms with van der Waals surface area (Å²) in [5, 5.41) is 2.65. The Morgan fingerprint density at radius 2 is 1.83 bits per heavy atom. The number of amides is 1. The standard InChI is InChI=1S/C15H22F2N2O3S/c1-10(2)7-8-18-15(20)11(3)19(23(4,21)22)12-5-6-13(16)14(17)9-12/h5-6,9-11H,7-8H2,1-4H3,(H,18,20)/t11-/m1/s1. The van der Waals surface area contributed by atoms with E-state index in [4.69, 9.17) is 0 Å². The summed E-state index contributed by atoms with van der Waals surface area (Å²) in [5.41, 5.74) is -0.0992. The van der Waals surface area contributed by atoms with Crippen molar-refractivity contribution in [3.63, 3.8) is 0 Å². The molecular formula is C15H22F2N2O3S. The second-order valence-electron chi connectivity index (χ2n) is 5.81. The fourth-order valence-electron chi connectivity index (χ4n) is 2.06. The Labute approximate surface area is 135 Å². The quantitative estimate of drug-likeness (QED) is 0.822. The van der Waals surface area contributed by atoms with Gasteiger partial charge in [0, 0.05) is 12.6 Å². The summed E-state index contributed by atoms with van der Waals surface area (Å²) in [6, 6.07) is 1.62. The topological polar surface area (TPSA) is 66.5 Å². The number of sulfonamides is 1. The van der Waals surface area contributed by atoms with Gasteiger partial charge in [-0.15, -0.1) is 0 Å². The SMILES string of the molecule is CC(C)CCNC(=O)[C@@H](C)N(c1ccc(F)c(F)c1)S(C)(=O)=O. The molecule has 0 aliphatic carbocycles. The summed E-state index contributed by atoms with van der Waals surface area (Å²) < 4.78 is 51.2. The number of carbonyl (C=O) groups excluding carboxylic acids is 1. The highest BCUT2D eigenvalue weighted by molar-refractivity contribution is 7.92. The van der Waals surface area contributed by atoms with Crippen LogP contribution in [0.5, 0.6) is 0 Å². The van der Waals surface area contributed by atoms with Crippen LogP contribution in [0.3, 0.4) is 0 Å². The Bertz CT molecular complexity index is 663. The molecule has 0 fully saturated rings. The zero-order valence-electron chi connectivity index (χ0n) is 13.6. The average molecular weight is 348 g/mol. The van der Waals surface area contributed by atoms with Crippen molar-refractivity contribution in [3.8, 4) is 0 Å². The fraction of sp³-hybridized carbons (Fsp3) is 0.533. The maximum Gasteiger partial charge on any atom is 0.243 e. The minimum absolute atomic E-state index is 0.0992. The van der Waals surface area contributed by atoms with Gasteiger partial charge in [-0.2, -0.15) is 0 Å². The normalized spacial score (nSPS) is 13.0. The maximum absolute atomic E-state index is 13.4. The molecule has 8 heteroatoms. The summed E-state index contributed by atoms with van der Waals surface area (Å²) in [5.74, 6) is -2.37. The van der Waals surface area contributed by atoms with Gasteiger partial charge in [0.05, 0.1) is 11.9 Å². The van der Waals surface area contributed by atoms with Crippen molar-refractivity contribution in [1.82, 2.24) is 5.32 Å². The number of hydrogen-bond acceptors (Lipinski definition) is 3. The monoisotopic (exact) mass is 348 g/mol. The van der Waals surface area contributed by atoms with Crippen LogP contribution in [0.4, 0.5) is 14.5 Å². The maximum atomic E-state index is 13.4. The number of nitrogens with one attached hydrogen (secondary N) is 1. The molecule has 0 unspecified atom stereocenters. The highest BCUT2D eigenvalue weighted by Crippen LogP contribution is 2.23. The molecule has 1 amide bonds. The van der Waals surface area contributed by atoms with Crippen LogP contribution in [0, 0.1) is 17.6 Å². The minimum Gasteiger partial charge on any atom is -0.354 e. The molecule has 0 saturated heterocycles. The first kappa shape index (κ1) is 19.3. The average Bonchev–Trinajstić information content (AvgIpc) is 2.40. The van der Waals surface area contributed by atoms with E-state index in [1.54, 1.807) is 0 Å². The number of benzene rings is 1. The van der Waals surface area contributed by atoms with E-state index in [0.717, 1.165) is 35.2 Å².